The molecule has 1 aromatic carbocycles. The standard InChI is InChI=1S/C22H32O3/c1-4-19(20-13-9-8-10-16(20)2)21(23)15-18(22(24)25-3)14-17-11-6-5-7-12-17/h5-7,11-12,16,18-20H,4,8-10,13-15H2,1-3H3/t16-,18+,19-,20+/m0/s1. The fourth-order valence-corrected chi connectivity index (χ4v) is 4.41. The molecule has 0 N–H and O–H groups in total. The smallest absolute Gasteiger partial charge is 0.309 e. The van der Waals surface area contributed by atoms with Crippen LogP contribution >= 0.6 is 0 Å². The molecule has 0 aliphatic heterocycles. The normalized spacial score (nSPS) is 22.8. The number of methoxy groups -OCH3 is 1. The fraction of sp³-hybridized carbons (Fsp3) is 0.636. The number of ether oxygens (including phenoxy) is 1. The van der Waals surface area contributed by atoms with E-state index in [2.05, 4.69) is 13.8 Å². The largest absolute Gasteiger partial charge is 0.469 e. The Balaban J connectivity index is 2.07. The molecule has 0 aromatic heterocycles. The molecule has 3 heteroatoms. The van der Waals surface area contributed by atoms with Gasteiger partial charge in [0.05, 0.1) is 13.0 Å². The van der Waals surface area contributed by atoms with Crippen molar-refractivity contribution in [2.45, 2.75) is 58.8 Å². The average molecular weight is 344 g/mol. The highest BCUT2D eigenvalue weighted by molar-refractivity contribution is 5.86. The predicted molar refractivity (Wildman–Crippen MR) is 100 cm³/mol. The molecular formula is C22H32O3. The van der Waals surface area contributed by atoms with Gasteiger partial charge >= 0.3 is 5.97 Å². The van der Waals surface area contributed by atoms with E-state index < -0.39 is 0 Å². The van der Waals surface area contributed by atoms with Gasteiger partial charge in [-0.2, -0.15) is 0 Å². The second kappa shape index (κ2) is 9.74. The van der Waals surface area contributed by atoms with Crippen LogP contribution in [-0.4, -0.2) is 18.9 Å². The number of carbonyl (C=O) groups is 2. The second-order valence-corrected chi connectivity index (χ2v) is 7.52. The van der Waals surface area contributed by atoms with E-state index in [0.717, 1.165) is 18.4 Å². The fourth-order valence-electron chi connectivity index (χ4n) is 4.41. The minimum Gasteiger partial charge on any atom is -0.469 e. The number of Topliss-reactive ketones (excluding diaryl/α,β-unsaturated/α-hetero) is 1. The molecule has 0 bridgehead atoms. The van der Waals surface area contributed by atoms with Gasteiger partial charge in [0.2, 0.25) is 0 Å². The summed E-state index contributed by atoms with van der Waals surface area (Å²) in [5.41, 5.74) is 1.07. The third kappa shape index (κ3) is 5.42. The molecule has 2 rings (SSSR count). The monoisotopic (exact) mass is 344 g/mol. The van der Waals surface area contributed by atoms with Gasteiger partial charge in [-0.05, 0) is 36.7 Å². The van der Waals surface area contributed by atoms with Crippen LogP contribution in [-0.2, 0) is 20.7 Å². The number of esters is 1. The zero-order valence-corrected chi connectivity index (χ0v) is 15.9. The Morgan fingerprint density at radius 2 is 1.84 bits per heavy atom. The number of hydrogen-bond donors (Lipinski definition) is 0. The van der Waals surface area contributed by atoms with Crippen molar-refractivity contribution in [1.29, 1.82) is 0 Å². The Labute approximate surface area is 152 Å². The summed E-state index contributed by atoms with van der Waals surface area (Å²) in [7, 11) is 1.41. The van der Waals surface area contributed by atoms with Crippen LogP contribution in [0.15, 0.2) is 30.3 Å². The van der Waals surface area contributed by atoms with E-state index in [1.807, 2.05) is 30.3 Å². The quantitative estimate of drug-likeness (QED) is 0.634. The Hall–Kier alpha value is -1.64. The molecule has 1 aliphatic carbocycles. The molecule has 0 amide bonds. The van der Waals surface area contributed by atoms with Crippen LogP contribution in [0.25, 0.3) is 0 Å². The summed E-state index contributed by atoms with van der Waals surface area (Å²) in [4.78, 5) is 25.3. The van der Waals surface area contributed by atoms with Gasteiger partial charge in [-0.1, -0.05) is 63.4 Å². The van der Waals surface area contributed by atoms with Gasteiger partial charge < -0.3 is 4.74 Å². The minimum atomic E-state index is -0.382. The van der Waals surface area contributed by atoms with Gasteiger partial charge in [-0.3, -0.25) is 9.59 Å². The minimum absolute atomic E-state index is 0.0817. The third-order valence-electron chi connectivity index (χ3n) is 5.86. The van der Waals surface area contributed by atoms with E-state index in [0.29, 0.717) is 24.7 Å². The van der Waals surface area contributed by atoms with Gasteiger partial charge in [0.15, 0.2) is 0 Å². The molecule has 0 heterocycles. The molecule has 0 spiro atoms. The maximum Gasteiger partial charge on any atom is 0.309 e. The Morgan fingerprint density at radius 1 is 1.16 bits per heavy atom. The first-order chi connectivity index (χ1) is 12.1. The lowest BCUT2D eigenvalue weighted by Crippen LogP contribution is -2.33. The molecule has 138 valence electrons. The van der Waals surface area contributed by atoms with E-state index >= 15 is 0 Å². The van der Waals surface area contributed by atoms with Crippen LogP contribution in [0.3, 0.4) is 0 Å². The van der Waals surface area contributed by atoms with Crippen molar-refractivity contribution in [2.75, 3.05) is 7.11 Å². The maximum atomic E-state index is 13.0. The SMILES string of the molecule is CC[C@H](C(=O)C[C@@H](Cc1ccccc1)C(=O)OC)[C@@H]1CCCC[C@@H]1C. The van der Waals surface area contributed by atoms with Gasteiger partial charge in [-0.25, -0.2) is 0 Å². The van der Waals surface area contributed by atoms with E-state index in [9.17, 15) is 9.59 Å². The summed E-state index contributed by atoms with van der Waals surface area (Å²) in [5, 5.41) is 0. The summed E-state index contributed by atoms with van der Waals surface area (Å²) in [6, 6.07) is 9.88. The van der Waals surface area contributed by atoms with Gasteiger partial charge in [-0.15, -0.1) is 0 Å². The summed E-state index contributed by atoms with van der Waals surface area (Å²) in [6.45, 7) is 4.38. The lowest BCUT2D eigenvalue weighted by Gasteiger charge is -2.34. The van der Waals surface area contributed by atoms with Crippen molar-refractivity contribution < 1.29 is 14.3 Å². The number of carbonyl (C=O) groups excluding carboxylic acids is 2. The second-order valence-electron chi connectivity index (χ2n) is 7.52. The lowest BCUT2D eigenvalue weighted by molar-refractivity contribution is -0.147. The lowest BCUT2D eigenvalue weighted by atomic mass is 9.70. The molecule has 4 atom stereocenters. The van der Waals surface area contributed by atoms with E-state index in [1.165, 1.54) is 26.4 Å². The molecule has 0 radical (unpaired) electrons. The highest BCUT2D eigenvalue weighted by Crippen LogP contribution is 2.37. The van der Waals surface area contributed by atoms with E-state index in [1.54, 1.807) is 0 Å². The highest BCUT2D eigenvalue weighted by Gasteiger charge is 2.34. The Bertz CT molecular complexity index is 552. The molecule has 25 heavy (non-hydrogen) atoms. The van der Waals surface area contributed by atoms with E-state index in [4.69, 9.17) is 4.74 Å². The summed E-state index contributed by atoms with van der Waals surface area (Å²) >= 11 is 0. The molecular weight excluding hydrogens is 312 g/mol. The molecule has 3 nitrogen and oxygen atoms in total. The molecule has 0 saturated heterocycles. The first-order valence-corrected chi connectivity index (χ1v) is 9.71. The Kier molecular flexibility index (Phi) is 7.67. The van der Waals surface area contributed by atoms with Crippen molar-refractivity contribution >= 4 is 11.8 Å². The van der Waals surface area contributed by atoms with Crippen LogP contribution in [0.1, 0.15) is 57.9 Å². The molecule has 1 aliphatic rings. The zero-order valence-electron chi connectivity index (χ0n) is 15.9. The first kappa shape index (κ1) is 19.7. The van der Waals surface area contributed by atoms with Crippen molar-refractivity contribution in [1.82, 2.24) is 0 Å². The van der Waals surface area contributed by atoms with Gasteiger partial charge in [0.25, 0.3) is 0 Å². The molecule has 0 unspecified atom stereocenters. The maximum absolute atomic E-state index is 13.0. The van der Waals surface area contributed by atoms with E-state index in [-0.39, 0.29) is 23.6 Å². The summed E-state index contributed by atoms with van der Waals surface area (Å²) in [6.07, 6.45) is 6.60. The van der Waals surface area contributed by atoms with Crippen molar-refractivity contribution in [3.05, 3.63) is 35.9 Å². The number of hydrogen-bond acceptors (Lipinski definition) is 3. The molecule has 1 fully saturated rings. The van der Waals surface area contributed by atoms with Gasteiger partial charge in [0.1, 0.15) is 5.78 Å². The summed E-state index contributed by atoms with van der Waals surface area (Å²) in [5.74, 6) is 0.747. The Morgan fingerprint density at radius 3 is 2.44 bits per heavy atom. The number of rotatable bonds is 8. The van der Waals surface area contributed by atoms with Gasteiger partial charge in [0, 0.05) is 12.3 Å². The number of benzene rings is 1. The first-order valence-electron chi connectivity index (χ1n) is 9.71. The van der Waals surface area contributed by atoms with Crippen molar-refractivity contribution in [3.8, 4) is 0 Å². The topological polar surface area (TPSA) is 43.4 Å². The van der Waals surface area contributed by atoms with Crippen LogP contribution < -0.4 is 0 Å². The van der Waals surface area contributed by atoms with Crippen LogP contribution in [0.2, 0.25) is 0 Å². The zero-order chi connectivity index (χ0) is 18.2. The highest BCUT2D eigenvalue weighted by atomic mass is 16.5. The average Bonchev–Trinajstić information content (AvgIpc) is 2.63. The van der Waals surface area contributed by atoms with Crippen molar-refractivity contribution in [3.63, 3.8) is 0 Å². The third-order valence-corrected chi connectivity index (χ3v) is 5.86. The van der Waals surface area contributed by atoms with Crippen molar-refractivity contribution in [2.24, 2.45) is 23.7 Å². The molecule has 1 saturated carbocycles. The predicted octanol–water partition coefficient (Wildman–Crippen LogP) is 4.83. The van der Waals surface area contributed by atoms with Crippen LogP contribution in [0.5, 0.6) is 0 Å². The molecule has 1 aromatic rings. The number of ketones is 1. The summed E-state index contributed by atoms with van der Waals surface area (Å²) < 4.78 is 4.97. The van der Waals surface area contributed by atoms with Crippen LogP contribution in [0.4, 0.5) is 0 Å². The van der Waals surface area contributed by atoms with Crippen LogP contribution in [0, 0.1) is 23.7 Å².